The van der Waals surface area contributed by atoms with Crippen molar-refractivity contribution in [3.8, 4) is 23.1 Å². The van der Waals surface area contributed by atoms with E-state index in [9.17, 15) is 35.9 Å². The van der Waals surface area contributed by atoms with Crippen molar-refractivity contribution in [1.29, 1.82) is 0 Å². The van der Waals surface area contributed by atoms with Crippen LogP contribution in [0.1, 0.15) is 33.3 Å². The number of nitrogens with zero attached hydrogens (tertiary/aromatic N) is 4. The van der Waals surface area contributed by atoms with Crippen molar-refractivity contribution >= 4 is 28.4 Å². The molecular weight excluding hydrogens is 708 g/mol. The Balaban J connectivity index is 1.03. The number of benzene rings is 3. The van der Waals surface area contributed by atoms with Gasteiger partial charge in [-0.05, 0) is 73.2 Å². The second-order valence-corrected chi connectivity index (χ2v) is 12.4. The van der Waals surface area contributed by atoms with Gasteiger partial charge in [0.2, 0.25) is 5.88 Å². The van der Waals surface area contributed by atoms with Gasteiger partial charge in [0.15, 0.2) is 6.61 Å². The molecule has 6 rings (SSSR count). The highest BCUT2D eigenvalue weighted by atomic mass is 19.4. The highest BCUT2D eigenvalue weighted by Crippen LogP contribution is 2.29. The molecule has 0 bridgehead atoms. The van der Waals surface area contributed by atoms with Crippen LogP contribution in [0.25, 0.3) is 10.9 Å². The number of aromatic nitrogens is 2. The van der Waals surface area contributed by atoms with Gasteiger partial charge in [0.05, 0.1) is 17.4 Å². The minimum Gasteiger partial charge on any atom is -0.484 e. The third-order valence-corrected chi connectivity index (χ3v) is 8.57. The van der Waals surface area contributed by atoms with Gasteiger partial charge in [-0.1, -0.05) is 12.1 Å². The molecule has 278 valence electrons. The predicted molar refractivity (Wildman–Crippen MR) is 182 cm³/mol. The van der Waals surface area contributed by atoms with Crippen LogP contribution in [-0.4, -0.2) is 76.0 Å². The summed E-state index contributed by atoms with van der Waals surface area (Å²) in [5.41, 5.74) is 2.64. The number of nitrogens with one attached hydrogen (secondary N) is 1. The monoisotopic (exact) mass is 741 g/mol. The number of hydrogen-bond donors (Lipinski definition) is 1. The average Bonchev–Trinajstić information content (AvgIpc) is 3.43. The van der Waals surface area contributed by atoms with Crippen molar-refractivity contribution in [3.63, 3.8) is 0 Å². The van der Waals surface area contributed by atoms with Gasteiger partial charge in [0.1, 0.15) is 22.9 Å². The molecule has 3 heterocycles. The van der Waals surface area contributed by atoms with Crippen molar-refractivity contribution in [2.45, 2.75) is 32.0 Å². The van der Waals surface area contributed by atoms with Gasteiger partial charge < -0.3 is 29.0 Å². The lowest BCUT2D eigenvalue weighted by Gasteiger charge is -2.40. The number of rotatable bonds is 10. The lowest BCUT2D eigenvalue weighted by Crippen LogP contribution is -2.53. The van der Waals surface area contributed by atoms with E-state index in [2.05, 4.69) is 19.9 Å². The van der Waals surface area contributed by atoms with Crippen LogP contribution < -0.4 is 19.5 Å². The molecule has 1 atom stereocenters. The lowest BCUT2D eigenvalue weighted by molar-refractivity contribution is -0.274. The van der Waals surface area contributed by atoms with Gasteiger partial charge in [0, 0.05) is 62.4 Å². The number of carbonyl (C=O) groups is 2. The predicted octanol–water partition coefficient (Wildman–Crippen LogP) is 7.80. The largest absolute Gasteiger partial charge is 0.573 e. The van der Waals surface area contributed by atoms with E-state index in [1.165, 1.54) is 30.5 Å². The summed E-state index contributed by atoms with van der Waals surface area (Å²) in [5.74, 6) is -0.269. The molecule has 2 aromatic heterocycles. The SMILES string of the molecule is CC1CN(C(=O)c2cc3ccc(Oc4ccc(NC(=O)c5ccc(OC(F)(F)F)cc5)cn4)cc3n2C)CCN1Cc1ccc(OCC(F)(F)F)cc1. The maximum atomic E-state index is 13.7. The van der Waals surface area contributed by atoms with Crippen LogP contribution in [0.4, 0.5) is 32.0 Å². The van der Waals surface area contributed by atoms with Crippen LogP contribution in [-0.2, 0) is 13.6 Å². The number of carbonyl (C=O) groups excluding carboxylic acids is 2. The van der Waals surface area contributed by atoms with Crippen LogP contribution in [0, 0.1) is 0 Å². The fourth-order valence-corrected chi connectivity index (χ4v) is 5.89. The number of pyridine rings is 1. The van der Waals surface area contributed by atoms with Crippen LogP contribution in [0.5, 0.6) is 23.1 Å². The molecule has 0 aliphatic carbocycles. The van der Waals surface area contributed by atoms with Crippen LogP contribution >= 0.6 is 0 Å². The van der Waals surface area contributed by atoms with Crippen LogP contribution in [0.2, 0.25) is 0 Å². The number of halogens is 6. The maximum Gasteiger partial charge on any atom is 0.573 e. The number of hydrogen-bond acceptors (Lipinski definition) is 7. The van der Waals surface area contributed by atoms with Crippen molar-refractivity contribution in [2.24, 2.45) is 7.05 Å². The Morgan fingerprint density at radius 2 is 1.57 bits per heavy atom. The van der Waals surface area contributed by atoms with E-state index < -0.39 is 30.8 Å². The topological polar surface area (TPSA) is 98.2 Å². The van der Waals surface area contributed by atoms with Gasteiger partial charge in [-0.3, -0.25) is 14.5 Å². The second-order valence-electron chi connectivity index (χ2n) is 12.4. The van der Waals surface area contributed by atoms with E-state index in [1.807, 2.05) is 24.0 Å². The zero-order chi connectivity index (χ0) is 37.9. The number of ether oxygens (including phenoxy) is 3. The quantitative estimate of drug-likeness (QED) is 0.146. The molecule has 1 unspecified atom stereocenters. The zero-order valence-corrected chi connectivity index (χ0v) is 28.4. The van der Waals surface area contributed by atoms with Crippen molar-refractivity contribution < 1.29 is 50.1 Å². The molecule has 10 nitrogen and oxygen atoms in total. The number of alkyl halides is 6. The summed E-state index contributed by atoms with van der Waals surface area (Å²) in [4.78, 5) is 34.5. The van der Waals surface area contributed by atoms with Crippen molar-refractivity contribution in [2.75, 3.05) is 31.6 Å². The minimum absolute atomic E-state index is 0.0315. The molecule has 2 amide bonds. The summed E-state index contributed by atoms with van der Waals surface area (Å²) >= 11 is 0. The number of anilines is 1. The minimum atomic E-state index is -4.84. The molecule has 0 saturated carbocycles. The van der Waals surface area contributed by atoms with E-state index in [4.69, 9.17) is 9.47 Å². The summed E-state index contributed by atoms with van der Waals surface area (Å²) in [6.07, 6.45) is -7.86. The van der Waals surface area contributed by atoms with Crippen molar-refractivity contribution in [1.82, 2.24) is 19.4 Å². The standard InChI is InChI=1S/C37H33F6N5O5/c1-23-20-48(16-15-47(23)21-24-3-9-28(10-4-24)51-22-36(38,39)40)35(50)32-17-26-7-13-30(18-31(26)46(32)2)52-33-14-8-27(19-44-33)45-34(49)25-5-11-29(12-6-25)53-37(41,42)43/h3-14,17-19,23H,15-16,20-22H2,1-2H3,(H,45,49). The van der Waals surface area contributed by atoms with Gasteiger partial charge in [-0.25, -0.2) is 4.98 Å². The Labute approximate surface area is 299 Å². The van der Waals surface area contributed by atoms with E-state index >= 15 is 0 Å². The van der Waals surface area contributed by atoms with E-state index in [0.717, 1.165) is 28.6 Å². The highest BCUT2D eigenvalue weighted by molar-refractivity contribution is 6.04. The van der Waals surface area contributed by atoms with Gasteiger partial charge in [0.25, 0.3) is 11.8 Å². The number of amides is 2. The summed E-state index contributed by atoms with van der Waals surface area (Å²) < 4.78 is 90.9. The zero-order valence-electron chi connectivity index (χ0n) is 28.4. The second kappa shape index (κ2) is 15.1. The molecule has 16 heteroatoms. The van der Waals surface area contributed by atoms with E-state index in [-0.39, 0.29) is 29.1 Å². The first kappa shape index (κ1) is 37.0. The number of aryl methyl sites for hydroxylation is 1. The number of piperazine rings is 1. The fourth-order valence-electron chi connectivity index (χ4n) is 5.89. The maximum absolute atomic E-state index is 13.7. The molecule has 3 aromatic carbocycles. The Morgan fingerprint density at radius 3 is 2.21 bits per heavy atom. The normalized spacial score (nSPS) is 15.3. The Kier molecular flexibility index (Phi) is 10.5. The third-order valence-electron chi connectivity index (χ3n) is 8.57. The first-order valence-corrected chi connectivity index (χ1v) is 16.3. The third kappa shape index (κ3) is 9.57. The van der Waals surface area contributed by atoms with Crippen LogP contribution in [0.3, 0.4) is 0 Å². The Morgan fingerprint density at radius 1 is 0.868 bits per heavy atom. The van der Waals surface area contributed by atoms with Crippen molar-refractivity contribution in [3.05, 3.63) is 108 Å². The molecule has 1 aliphatic heterocycles. The first-order valence-electron chi connectivity index (χ1n) is 16.3. The summed E-state index contributed by atoms with van der Waals surface area (Å²) in [6, 6.07) is 21.4. The smallest absolute Gasteiger partial charge is 0.484 e. The lowest BCUT2D eigenvalue weighted by atomic mass is 10.1. The summed E-state index contributed by atoms with van der Waals surface area (Å²) in [7, 11) is 1.80. The fraction of sp³-hybridized carbons (Fsp3) is 0.270. The molecule has 1 N–H and O–H groups in total. The van der Waals surface area contributed by atoms with E-state index in [0.29, 0.717) is 43.3 Å². The molecule has 1 fully saturated rings. The highest BCUT2D eigenvalue weighted by Gasteiger charge is 2.32. The first-order chi connectivity index (χ1) is 25.1. The molecule has 5 aromatic rings. The molecule has 53 heavy (non-hydrogen) atoms. The summed E-state index contributed by atoms with van der Waals surface area (Å²) in [5, 5.41) is 3.45. The Hall–Kier alpha value is -5.77. The molecular formula is C37H33F6N5O5. The van der Waals surface area contributed by atoms with Gasteiger partial charge in [-0.2, -0.15) is 13.2 Å². The summed E-state index contributed by atoms with van der Waals surface area (Å²) in [6.45, 7) is 2.86. The molecule has 0 radical (unpaired) electrons. The van der Waals surface area contributed by atoms with Crippen LogP contribution in [0.15, 0.2) is 91.1 Å². The molecule has 1 saturated heterocycles. The molecule has 0 spiro atoms. The van der Waals surface area contributed by atoms with Gasteiger partial charge >= 0.3 is 12.5 Å². The number of fused-ring (bicyclic) bond motifs is 1. The Bertz CT molecular complexity index is 2070. The average molecular weight is 742 g/mol. The molecule has 1 aliphatic rings. The van der Waals surface area contributed by atoms with E-state index in [1.54, 1.807) is 48.0 Å². The van der Waals surface area contributed by atoms with Gasteiger partial charge in [-0.15, -0.1) is 13.2 Å².